The molecule has 0 saturated heterocycles. The third-order valence-electron chi connectivity index (χ3n) is 4.20. The molecule has 2 aromatic rings. The number of ether oxygens (including phenoxy) is 1. The normalized spacial score (nSPS) is 13.2. The van der Waals surface area contributed by atoms with Gasteiger partial charge in [-0.25, -0.2) is 0 Å². The van der Waals surface area contributed by atoms with Crippen LogP contribution in [0.2, 0.25) is 0 Å². The Kier molecular flexibility index (Phi) is 5.33. The van der Waals surface area contributed by atoms with E-state index in [9.17, 15) is 9.59 Å². The lowest BCUT2D eigenvalue weighted by molar-refractivity contribution is 0.0942. The summed E-state index contributed by atoms with van der Waals surface area (Å²) in [6.45, 7) is 1.06. The second kappa shape index (κ2) is 7.83. The van der Waals surface area contributed by atoms with Crippen molar-refractivity contribution in [3.05, 3.63) is 65.2 Å². The van der Waals surface area contributed by atoms with Crippen molar-refractivity contribution in [2.24, 2.45) is 5.92 Å². The van der Waals surface area contributed by atoms with Gasteiger partial charge in [0.05, 0.1) is 12.2 Å². The second-order valence-corrected chi connectivity index (χ2v) is 6.21. The molecule has 0 aliphatic heterocycles. The van der Waals surface area contributed by atoms with E-state index in [1.54, 1.807) is 25.2 Å². The molecule has 0 radical (unpaired) electrons. The van der Waals surface area contributed by atoms with Crippen molar-refractivity contribution in [1.82, 2.24) is 10.6 Å². The van der Waals surface area contributed by atoms with Crippen LogP contribution in [0, 0.1) is 5.92 Å². The molecule has 0 unspecified atom stereocenters. The van der Waals surface area contributed by atoms with Crippen LogP contribution in [0.25, 0.3) is 0 Å². The van der Waals surface area contributed by atoms with E-state index in [1.807, 2.05) is 30.3 Å². The van der Waals surface area contributed by atoms with Crippen LogP contribution in [0.15, 0.2) is 48.5 Å². The fourth-order valence-corrected chi connectivity index (χ4v) is 2.47. The molecule has 2 amide bonds. The van der Waals surface area contributed by atoms with Crippen LogP contribution in [0.3, 0.4) is 0 Å². The molecule has 5 heteroatoms. The van der Waals surface area contributed by atoms with Gasteiger partial charge in [0.1, 0.15) is 5.75 Å². The summed E-state index contributed by atoms with van der Waals surface area (Å²) in [7, 11) is 1.60. The molecule has 3 rings (SSSR count). The van der Waals surface area contributed by atoms with Crippen molar-refractivity contribution in [3.63, 3.8) is 0 Å². The van der Waals surface area contributed by atoms with Gasteiger partial charge in [0.25, 0.3) is 11.8 Å². The molecule has 0 spiro atoms. The molecule has 0 heterocycles. The van der Waals surface area contributed by atoms with Gasteiger partial charge in [-0.3, -0.25) is 9.59 Å². The monoisotopic (exact) mass is 338 g/mol. The molecule has 2 N–H and O–H groups in total. The van der Waals surface area contributed by atoms with Crippen molar-refractivity contribution >= 4 is 11.8 Å². The van der Waals surface area contributed by atoms with E-state index in [0.29, 0.717) is 35.9 Å². The van der Waals surface area contributed by atoms with E-state index in [0.717, 1.165) is 5.56 Å². The molecule has 1 aliphatic carbocycles. The summed E-state index contributed by atoms with van der Waals surface area (Å²) >= 11 is 0. The Morgan fingerprint density at radius 1 is 1.04 bits per heavy atom. The van der Waals surface area contributed by atoms with Crippen LogP contribution in [-0.2, 0) is 6.54 Å². The first kappa shape index (κ1) is 17.0. The highest BCUT2D eigenvalue weighted by Gasteiger charge is 2.23. The number of hydrogen-bond acceptors (Lipinski definition) is 3. The molecule has 0 aromatic heterocycles. The van der Waals surface area contributed by atoms with Gasteiger partial charge in [0.15, 0.2) is 0 Å². The fraction of sp³-hybridized carbons (Fsp3) is 0.300. The second-order valence-electron chi connectivity index (χ2n) is 6.21. The average Bonchev–Trinajstić information content (AvgIpc) is 3.49. The molecular formula is C20H22N2O3. The van der Waals surface area contributed by atoms with Crippen molar-refractivity contribution in [2.45, 2.75) is 19.4 Å². The summed E-state index contributed by atoms with van der Waals surface area (Å²) in [5.41, 5.74) is 2.07. The summed E-state index contributed by atoms with van der Waals surface area (Å²) < 4.78 is 5.78. The Balaban J connectivity index is 1.59. The molecule has 0 bridgehead atoms. The van der Waals surface area contributed by atoms with Crippen LogP contribution in [-0.4, -0.2) is 25.5 Å². The highest BCUT2D eigenvalue weighted by molar-refractivity contribution is 5.97. The Morgan fingerprint density at radius 2 is 1.76 bits per heavy atom. The Morgan fingerprint density at radius 3 is 2.44 bits per heavy atom. The van der Waals surface area contributed by atoms with E-state index in [2.05, 4.69) is 10.6 Å². The van der Waals surface area contributed by atoms with Crippen molar-refractivity contribution < 1.29 is 14.3 Å². The van der Waals surface area contributed by atoms with Gasteiger partial charge in [-0.05, 0) is 48.6 Å². The molecular weight excluding hydrogens is 316 g/mol. The first-order valence-corrected chi connectivity index (χ1v) is 8.48. The lowest BCUT2D eigenvalue weighted by Gasteiger charge is -2.11. The average molecular weight is 338 g/mol. The summed E-state index contributed by atoms with van der Waals surface area (Å²) in [5.74, 6) is 0.968. The van der Waals surface area contributed by atoms with Gasteiger partial charge in [-0.15, -0.1) is 0 Å². The molecule has 1 saturated carbocycles. The number of carbonyl (C=O) groups is 2. The van der Waals surface area contributed by atoms with Crippen LogP contribution < -0.4 is 15.4 Å². The summed E-state index contributed by atoms with van der Waals surface area (Å²) in [4.78, 5) is 24.0. The van der Waals surface area contributed by atoms with Gasteiger partial charge in [-0.2, -0.15) is 0 Å². The molecule has 130 valence electrons. The van der Waals surface area contributed by atoms with Crippen LogP contribution in [0.4, 0.5) is 0 Å². The van der Waals surface area contributed by atoms with E-state index >= 15 is 0 Å². The molecule has 2 aromatic carbocycles. The third kappa shape index (κ3) is 4.59. The molecule has 0 atom stereocenters. The standard InChI is InChI=1S/C20H22N2O3/c1-21-19(23)16-10-8-14(9-11-16)12-22-20(24)17-4-2-3-5-18(17)25-13-15-6-7-15/h2-5,8-11,15H,6-7,12-13H2,1H3,(H,21,23)(H,22,24). The highest BCUT2D eigenvalue weighted by Crippen LogP contribution is 2.30. The SMILES string of the molecule is CNC(=O)c1ccc(CNC(=O)c2ccccc2OCC2CC2)cc1. The maximum Gasteiger partial charge on any atom is 0.255 e. The quantitative estimate of drug-likeness (QED) is 0.816. The van der Waals surface area contributed by atoms with Gasteiger partial charge in [0, 0.05) is 19.2 Å². The first-order chi connectivity index (χ1) is 12.2. The van der Waals surface area contributed by atoms with Crippen LogP contribution in [0.5, 0.6) is 5.75 Å². The minimum absolute atomic E-state index is 0.127. The zero-order valence-electron chi connectivity index (χ0n) is 14.2. The van der Waals surface area contributed by atoms with E-state index in [-0.39, 0.29) is 11.8 Å². The number of benzene rings is 2. The summed E-state index contributed by atoms with van der Waals surface area (Å²) in [5, 5.41) is 5.48. The molecule has 1 fully saturated rings. The molecule has 25 heavy (non-hydrogen) atoms. The number of para-hydroxylation sites is 1. The van der Waals surface area contributed by atoms with Crippen LogP contribution in [0.1, 0.15) is 39.1 Å². The Bertz CT molecular complexity index is 752. The third-order valence-corrected chi connectivity index (χ3v) is 4.20. The van der Waals surface area contributed by atoms with Gasteiger partial charge < -0.3 is 15.4 Å². The number of nitrogens with one attached hydrogen (secondary N) is 2. The smallest absolute Gasteiger partial charge is 0.255 e. The fourth-order valence-electron chi connectivity index (χ4n) is 2.47. The molecule has 1 aliphatic rings. The van der Waals surface area contributed by atoms with Gasteiger partial charge in [0.2, 0.25) is 0 Å². The minimum atomic E-state index is -0.165. The number of rotatable bonds is 7. The lowest BCUT2D eigenvalue weighted by atomic mass is 10.1. The number of carbonyl (C=O) groups excluding carboxylic acids is 2. The molecule has 5 nitrogen and oxygen atoms in total. The van der Waals surface area contributed by atoms with Gasteiger partial charge in [-0.1, -0.05) is 24.3 Å². The maximum atomic E-state index is 12.5. The van der Waals surface area contributed by atoms with Crippen LogP contribution >= 0.6 is 0 Å². The summed E-state index contributed by atoms with van der Waals surface area (Å²) in [6, 6.07) is 14.5. The predicted molar refractivity (Wildman–Crippen MR) is 95.7 cm³/mol. The Hall–Kier alpha value is -2.82. The topological polar surface area (TPSA) is 67.4 Å². The van der Waals surface area contributed by atoms with Crippen molar-refractivity contribution in [3.8, 4) is 5.75 Å². The van der Waals surface area contributed by atoms with E-state index in [1.165, 1.54) is 12.8 Å². The lowest BCUT2D eigenvalue weighted by Crippen LogP contribution is -2.23. The number of amides is 2. The van der Waals surface area contributed by atoms with Gasteiger partial charge >= 0.3 is 0 Å². The predicted octanol–water partition coefficient (Wildman–Crippen LogP) is 2.77. The maximum absolute atomic E-state index is 12.5. The highest BCUT2D eigenvalue weighted by atomic mass is 16.5. The summed E-state index contributed by atoms with van der Waals surface area (Å²) in [6.07, 6.45) is 2.42. The first-order valence-electron chi connectivity index (χ1n) is 8.48. The zero-order chi connectivity index (χ0) is 17.6. The Labute approximate surface area is 147 Å². The van der Waals surface area contributed by atoms with E-state index < -0.39 is 0 Å². The number of hydrogen-bond donors (Lipinski definition) is 2. The minimum Gasteiger partial charge on any atom is -0.492 e. The van der Waals surface area contributed by atoms with Crippen molar-refractivity contribution in [2.75, 3.05) is 13.7 Å². The zero-order valence-corrected chi connectivity index (χ0v) is 14.2. The van der Waals surface area contributed by atoms with E-state index in [4.69, 9.17) is 4.74 Å². The largest absolute Gasteiger partial charge is 0.492 e. The van der Waals surface area contributed by atoms with Crippen molar-refractivity contribution in [1.29, 1.82) is 0 Å².